The van der Waals surface area contributed by atoms with Gasteiger partial charge in [-0.2, -0.15) is 0 Å². The summed E-state index contributed by atoms with van der Waals surface area (Å²) in [6, 6.07) is 0. The number of hydrogen-bond donors (Lipinski definition) is 2. The van der Waals surface area contributed by atoms with Crippen molar-refractivity contribution in [3.05, 3.63) is 0 Å². The topological polar surface area (TPSA) is 67.8 Å². The predicted octanol–water partition coefficient (Wildman–Crippen LogP) is 0.491. The lowest BCUT2D eigenvalue weighted by Gasteiger charge is -2.23. The van der Waals surface area contributed by atoms with E-state index in [1.54, 1.807) is 14.0 Å². The summed E-state index contributed by atoms with van der Waals surface area (Å²) in [4.78, 5) is 10.9. The van der Waals surface area contributed by atoms with E-state index in [0.29, 0.717) is 13.2 Å². The summed E-state index contributed by atoms with van der Waals surface area (Å²) in [6.07, 6.45) is 0.170. The first-order valence-corrected chi connectivity index (χ1v) is 5.04. The number of likely N-dealkylation sites (N-methyl/N-ethyl adjacent to an activating group) is 1. The highest BCUT2D eigenvalue weighted by Crippen LogP contribution is 2.03. The lowest BCUT2D eigenvalue weighted by atomic mass is 10.1. The number of ether oxygens (including phenoxy) is 2. The van der Waals surface area contributed by atoms with Crippen LogP contribution in [0, 0.1) is 0 Å². The van der Waals surface area contributed by atoms with E-state index in [-0.39, 0.29) is 12.7 Å². The highest BCUT2D eigenvalue weighted by molar-refractivity contribution is 5.78. The number of carboxylic acid groups (broad SMARTS) is 1. The molecule has 0 aliphatic heterocycles. The predicted molar refractivity (Wildman–Crippen MR) is 57.0 cm³/mol. The summed E-state index contributed by atoms with van der Waals surface area (Å²) in [5, 5.41) is 11.6. The summed E-state index contributed by atoms with van der Waals surface area (Å²) >= 11 is 0. The summed E-state index contributed by atoms with van der Waals surface area (Å²) in [5.74, 6) is -0.922. The van der Waals surface area contributed by atoms with Gasteiger partial charge in [-0.3, -0.25) is 4.79 Å². The number of nitrogens with one attached hydrogen (secondary N) is 1. The maximum Gasteiger partial charge on any atom is 0.326 e. The van der Waals surface area contributed by atoms with E-state index in [4.69, 9.17) is 14.6 Å². The van der Waals surface area contributed by atoms with Crippen LogP contribution in [-0.4, -0.2) is 49.6 Å². The maximum atomic E-state index is 10.9. The third-order valence-corrected chi connectivity index (χ3v) is 2.09. The Kier molecular flexibility index (Phi) is 6.47. The van der Waals surface area contributed by atoms with E-state index in [1.165, 1.54) is 0 Å². The van der Waals surface area contributed by atoms with Crippen molar-refractivity contribution in [2.75, 3.05) is 26.9 Å². The fraction of sp³-hybridized carbons (Fsp3) is 0.900. The molecule has 0 aliphatic rings. The minimum atomic E-state index is -1.03. The lowest BCUT2D eigenvalue weighted by Crippen LogP contribution is -2.51. The van der Waals surface area contributed by atoms with Crippen LogP contribution in [0.3, 0.4) is 0 Å². The molecule has 0 aromatic rings. The van der Waals surface area contributed by atoms with Crippen molar-refractivity contribution in [1.82, 2.24) is 5.32 Å². The number of carboxylic acids is 1. The second-order valence-corrected chi connectivity index (χ2v) is 3.86. The molecule has 0 bridgehead atoms. The molecule has 0 spiro atoms. The van der Waals surface area contributed by atoms with Gasteiger partial charge in [0.05, 0.1) is 25.9 Å². The van der Waals surface area contributed by atoms with E-state index >= 15 is 0 Å². The van der Waals surface area contributed by atoms with Gasteiger partial charge >= 0.3 is 5.97 Å². The van der Waals surface area contributed by atoms with Crippen molar-refractivity contribution in [3.63, 3.8) is 0 Å². The Hall–Kier alpha value is -0.650. The summed E-state index contributed by atoms with van der Waals surface area (Å²) in [6.45, 7) is 6.47. The molecule has 90 valence electrons. The number of carbonyl (C=O) groups is 1. The van der Waals surface area contributed by atoms with Crippen LogP contribution >= 0.6 is 0 Å². The number of hydrogen-bond acceptors (Lipinski definition) is 4. The van der Waals surface area contributed by atoms with Gasteiger partial charge in [0.15, 0.2) is 0 Å². The minimum absolute atomic E-state index is 0.125. The molecule has 0 fully saturated rings. The van der Waals surface area contributed by atoms with Crippen LogP contribution in [0.15, 0.2) is 0 Å². The zero-order valence-corrected chi connectivity index (χ0v) is 9.87. The Morgan fingerprint density at radius 2 is 2.07 bits per heavy atom. The van der Waals surface area contributed by atoms with Crippen molar-refractivity contribution in [3.8, 4) is 0 Å². The van der Waals surface area contributed by atoms with Gasteiger partial charge in [0.1, 0.15) is 5.54 Å². The molecular formula is C10H21NO4. The van der Waals surface area contributed by atoms with Crippen LogP contribution in [0.25, 0.3) is 0 Å². The first-order chi connectivity index (χ1) is 6.92. The Morgan fingerprint density at radius 3 is 2.47 bits per heavy atom. The normalized spacial score (nSPS) is 15.3. The van der Waals surface area contributed by atoms with Gasteiger partial charge < -0.3 is 19.9 Å². The highest BCUT2D eigenvalue weighted by Gasteiger charge is 2.31. The van der Waals surface area contributed by atoms with Crippen LogP contribution in [0.1, 0.15) is 20.8 Å². The third kappa shape index (κ3) is 5.71. The maximum absolute atomic E-state index is 10.9. The van der Waals surface area contributed by atoms with Crippen LogP contribution in [-0.2, 0) is 14.3 Å². The van der Waals surface area contributed by atoms with E-state index in [1.807, 2.05) is 13.8 Å². The Bertz CT molecular complexity index is 196. The van der Waals surface area contributed by atoms with E-state index in [9.17, 15) is 4.79 Å². The van der Waals surface area contributed by atoms with Crippen LogP contribution < -0.4 is 5.32 Å². The number of rotatable bonds is 8. The monoisotopic (exact) mass is 219 g/mol. The van der Waals surface area contributed by atoms with Crippen molar-refractivity contribution in [2.45, 2.75) is 32.4 Å². The third-order valence-electron chi connectivity index (χ3n) is 2.09. The Balaban J connectivity index is 3.69. The van der Waals surface area contributed by atoms with E-state index in [2.05, 4.69) is 5.32 Å². The second-order valence-electron chi connectivity index (χ2n) is 3.86. The Labute approximate surface area is 90.8 Å². The van der Waals surface area contributed by atoms with Gasteiger partial charge in [0.2, 0.25) is 0 Å². The molecule has 0 saturated carbocycles. The van der Waals surface area contributed by atoms with Crippen molar-refractivity contribution >= 4 is 5.97 Å². The summed E-state index contributed by atoms with van der Waals surface area (Å²) < 4.78 is 10.5. The first-order valence-electron chi connectivity index (χ1n) is 5.04. The molecule has 1 unspecified atom stereocenters. The fourth-order valence-corrected chi connectivity index (χ4v) is 0.860. The zero-order chi connectivity index (χ0) is 11.9. The quantitative estimate of drug-likeness (QED) is 0.582. The van der Waals surface area contributed by atoms with Crippen molar-refractivity contribution in [1.29, 1.82) is 0 Å². The van der Waals surface area contributed by atoms with E-state index < -0.39 is 11.5 Å². The highest BCUT2D eigenvalue weighted by atomic mass is 16.5. The molecule has 2 N–H and O–H groups in total. The van der Waals surface area contributed by atoms with E-state index in [0.717, 1.165) is 0 Å². The molecule has 0 rings (SSSR count). The molecule has 1 atom stereocenters. The Morgan fingerprint density at radius 1 is 1.47 bits per heavy atom. The van der Waals surface area contributed by atoms with Crippen molar-refractivity contribution < 1.29 is 19.4 Å². The van der Waals surface area contributed by atoms with Gasteiger partial charge in [0.25, 0.3) is 0 Å². The largest absolute Gasteiger partial charge is 0.480 e. The average molecular weight is 219 g/mol. The fourth-order valence-electron chi connectivity index (χ4n) is 0.860. The lowest BCUT2D eigenvalue weighted by molar-refractivity contribution is -0.147. The summed E-state index contributed by atoms with van der Waals surface area (Å²) in [5.41, 5.74) is -1.03. The SMILES string of the molecule is CNC(C)(COCCOC(C)C)C(=O)O. The molecular weight excluding hydrogens is 198 g/mol. The summed E-state index contributed by atoms with van der Waals surface area (Å²) in [7, 11) is 1.60. The van der Waals surface area contributed by atoms with Crippen LogP contribution in [0.2, 0.25) is 0 Å². The molecule has 0 amide bonds. The number of aliphatic carboxylic acids is 1. The van der Waals surface area contributed by atoms with Gasteiger partial charge in [-0.15, -0.1) is 0 Å². The van der Waals surface area contributed by atoms with Gasteiger partial charge in [-0.25, -0.2) is 0 Å². The molecule has 15 heavy (non-hydrogen) atoms. The molecule has 5 nitrogen and oxygen atoms in total. The molecule has 0 aromatic carbocycles. The standard InChI is InChI=1S/C10H21NO4/c1-8(2)15-6-5-14-7-10(3,11-4)9(12)13/h8,11H,5-7H2,1-4H3,(H,12,13). The zero-order valence-electron chi connectivity index (χ0n) is 9.87. The molecule has 5 heteroatoms. The average Bonchev–Trinajstić information content (AvgIpc) is 2.16. The second kappa shape index (κ2) is 6.76. The minimum Gasteiger partial charge on any atom is -0.480 e. The van der Waals surface area contributed by atoms with Gasteiger partial charge in [-0.05, 0) is 27.8 Å². The van der Waals surface area contributed by atoms with Crippen LogP contribution in [0.5, 0.6) is 0 Å². The first kappa shape index (κ1) is 14.3. The smallest absolute Gasteiger partial charge is 0.326 e. The molecule has 0 aliphatic carbocycles. The molecule has 0 saturated heterocycles. The van der Waals surface area contributed by atoms with Gasteiger partial charge in [-0.1, -0.05) is 0 Å². The van der Waals surface area contributed by atoms with Gasteiger partial charge in [0, 0.05) is 0 Å². The molecule has 0 aromatic heterocycles. The molecule has 0 radical (unpaired) electrons. The van der Waals surface area contributed by atoms with Crippen molar-refractivity contribution in [2.24, 2.45) is 0 Å². The van der Waals surface area contributed by atoms with Crippen LogP contribution in [0.4, 0.5) is 0 Å². The molecule has 0 heterocycles.